The van der Waals surface area contributed by atoms with Crippen molar-refractivity contribution in [1.29, 1.82) is 0 Å². The Morgan fingerprint density at radius 3 is 2.57 bits per heavy atom. The molecule has 5 heteroatoms. The van der Waals surface area contributed by atoms with Crippen LogP contribution in [0.3, 0.4) is 0 Å². The van der Waals surface area contributed by atoms with Gasteiger partial charge < -0.3 is 9.80 Å². The van der Waals surface area contributed by atoms with Gasteiger partial charge in [-0.2, -0.15) is 0 Å². The third-order valence-electron chi connectivity index (χ3n) is 3.65. The molecule has 2 heterocycles. The van der Waals surface area contributed by atoms with Crippen LogP contribution in [-0.4, -0.2) is 42.0 Å². The molecule has 4 nitrogen and oxygen atoms in total. The maximum Gasteiger partial charge on any atom is 0.254 e. The van der Waals surface area contributed by atoms with E-state index < -0.39 is 0 Å². The van der Waals surface area contributed by atoms with Crippen molar-refractivity contribution in [3.8, 4) is 0 Å². The predicted molar refractivity (Wildman–Crippen MR) is 83.8 cm³/mol. The number of benzene rings is 1. The molecular formula is C16H16ClN3O. The van der Waals surface area contributed by atoms with Gasteiger partial charge in [0.2, 0.25) is 0 Å². The highest BCUT2D eigenvalue weighted by Gasteiger charge is 2.22. The molecule has 1 aromatic carbocycles. The summed E-state index contributed by atoms with van der Waals surface area (Å²) in [5, 5.41) is 0.592. The smallest absolute Gasteiger partial charge is 0.254 e. The Labute approximate surface area is 129 Å². The minimum absolute atomic E-state index is 0.0448. The summed E-state index contributed by atoms with van der Waals surface area (Å²) in [4.78, 5) is 20.7. The van der Waals surface area contributed by atoms with E-state index in [0.717, 1.165) is 18.8 Å². The van der Waals surface area contributed by atoms with Crippen molar-refractivity contribution >= 4 is 23.2 Å². The normalized spacial score (nSPS) is 15.1. The van der Waals surface area contributed by atoms with Crippen LogP contribution < -0.4 is 4.90 Å². The Bertz CT molecular complexity index is 624. The largest absolute Gasteiger partial charge is 0.367 e. The number of anilines is 1. The molecule has 0 bridgehead atoms. The molecule has 1 aliphatic heterocycles. The molecule has 1 aliphatic rings. The minimum atomic E-state index is 0.0448. The molecule has 0 radical (unpaired) electrons. The van der Waals surface area contributed by atoms with Crippen LogP contribution in [0.2, 0.25) is 5.02 Å². The number of pyridine rings is 1. The van der Waals surface area contributed by atoms with E-state index in [1.54, 1.807) is 24.4 Å². The molecule has 0 N–H and O–H groups in total. The standard InChI is InChI=1S/C16H16ClN3O/c17-14-4-1-3-13(11-14)16(21)20-9-7-19(8-10-20)15-5-2-6-18-12-15/h1-6,11-12H,7-10H2. The van der Waals surface area contributed by atoms with E-state index in [4.69, 9.17) is 11.6 Å². The molecule has 0 saturated carbocycles. The van der Waals surface area contributed by atoms with Crippen LogP contribution in [0.4, 0.5) is 5.69 Å². The highest BCUT2D eigenvalue weighted by Crippen LogP contribution is 2.17. The quantitative estimate of drug-likeness (QED) is 0.856. The highest BCUT2D eigenvalue weighted by molar-refractivity contribution is 6.30. The summed E-state index contributed by atoms with van der Waals surface area (Å²) in [5.74, 6) is 0.0448. The summed E-state index contributed by atoms with van der Waals surface area (Å²) in [7, 11) is 0. The third kappa shape index (κ3) is 3.16. The van der Waals surface area contributed by atoms with Gasteiger partial charge in [-0.1, -0.05) is 17.7 Å². The van der Waals surface area contributed by atoms with Gasteiger partial charge in [0.25, 0.3) is 5.91 Å². The van der Waals surface area contributed by atoms with Crippen LogP contribution >= 0.6 is 11.6 Å². The zero-order chi connectivity index (χ0) is 14.7. The van der Waals surface area contributed by atoms with Crippen LogP contribution in [0.1, 0.15) is 10.4 Å². The first-order chi connectivity index (χ1) is 10.2. The molecule has 0 atom stereocenters. The first-order valence-electron chi connectivity index (χ1n) is 6.94. The molecule has 1 aromatic heterocycles. The molecule has 2 aromatic rings. The Balaban J connectivity index is 1.64. The van der Waals surface area contributed by atoms with Crippen molar-refractivity contribution in [3.63, 3.8) is 0 Å². The molecule has 108 valence electrons. The second-order valence-corrected chi connectivity index (χ2v) is 5.44. The van der Waals surface area contributed by atoms with Gasteiger partial charge in [0, 0.05) is 43.0 Å². The van der Waals surface area contributed by atoms with Crippen molar-refractivity contribution in [3.05, 3.63) is 59.4 Å². The van der Waals surface area contributed by atoms with Gasteiger partial charge in [-0.25, -0.2) is 0 Å². The summed E-state index contributed by atoms with van der Waals surface area (Å²) < 4.78 is 0. The van der Waals surface area contributed by atoms with Gasteiger partial charge in [-0.15, -0.1) is 0 Å². The predicted octanol–water partition coefficient (Wildman–Crippen LogP) is 2.70. The summed E-state index contributed by atoms with van der Waals surface area (Å²) in [6, 6.07) is 11.1. The molecule has 0 spiro atoms. The van der Waals surface area contributed by atoms with Crippen molar-refractivity contribution < 1.29 is 4.79 Å². The number of nitrogens with zero attached hydrogens (tertiary/aromatic N) is 3. The van der Waals surface area contributed by atoms with E-state index in [1.807, 2.05) is 29.3 Å². The van der Waals surface area contributed by atoms with Crippen molar-refractivity contribution in [2.45, 2.75) is 0 Å². The monoisotopic (exact) mass is 301 g/mol. The average Bonchev–Trinajstić information content (AvgIpc) is 2.55. The van der Waals surface area contributed by atoms with Crippen LogP contribution in [-0.2, 0) is 0 Å². The highest BCUT2D eigenvalue weighted by atomic mass is 35.5. The SMILES string of the molecule is O=C(c1cccc(Cl)c1)N1CCN(c2cccnc2)CC1. The maximum absolute atomic E-state index is 12.4. The lowest BCUT2D eigenvalue weighted by molar-refractivity contribution is 0.0747. The van der Waals surface area contributed by atoms with Crippen molar-refractivity contribution in [1.82, 2.24) is 9.88 Å². The summed E-state index contributed by atoms with van der Waals surface area (Å²) in [5.41, 5.74) is 1.75. The number of hydrogen-bond acceptors (Lipinski definition) is 3. The van der Waals surface area contributed by atoms with Gasteiger partial charge in [0.1, 0.15) is 0 Å². The van der Waals surface area contributed by atoms with Crippen LogP contribution in [0, 0.1) is 0 Å². The lowest BCUT2D eigenvalue weighted by Gasteiger charge is -2.36. The fraction of sp³-hybridized carbons (Fsp3) is 0.250. The van der Waals surface area contributed by atoms with E-state index >= 15 is 0 Å². The molecule has 0 aliphatic carbocycles. The van der Waals surface area contributed by atoms with E-state index in [-0.39, 0.29) is 5.91 Å². The molecule has 0 unspecified atom stereocenters. The molecule has 21 heavy (non-hydrogen) atoms. The van der Waals surface area contributed by atoms with Crippen LogP contribution in [0.5, 0.6) is 0 Å². The van der Waals surface area contributed by atoms with Crippen molar-refractivity contribution in [2.75, 3.05) is 31.1 Å². The van der Waals surface area contributed by atoms with Gasteiger partial charge in [0.05, 0.1) is 11.9 Å². The number of piperazine rings is 1. The van der Waals surface area contributed by atoms with E-state index in [2.05, 4.69) is 9.88 Å². The zero-order valence-corrected chi connectivity index (χ0v) is 12.3. The molecule has 1 fully saturated rings. The van der Waals surface area contributed by atoms with Gasteiger partial charge in [-0.05, 0) is 30.3 Å². The summed E-state index contributed by atoms with van der Waals surface area (Å²) in [6.07, 6.45) is 3.62. The van der Waals surface area contributed by atoms with E-state index in [1.165, 1.54) is 0 Å². The van der Waals surface area contributed by atoms with Crippen LogP contribution in [0.25, 0.3) is 0 Å². The number of rotatable bonds is 2. The molecular weight excluding hydrogens is 286 g/mol. The molecule has 3 rings (SSSR count). The fourth-order valence-electron chi connectivity index (χ4n) is 2.51. The Morgan fingerprint density at radius 2 is 1.90 bits per heavy atom. The van der Waals surface area contributed by atoms with Crippen LogP contribution in [0.15, 0.2) is 48.8 Å². The van der Waals surface area contributed by atoms with Gasteiger partial charge in [0.15, 0.2) is 0 Å². The summed E-state index contributed by atoms with van der Waals surface area (Å²) >= 11 is 5.95. The van der Waals surface area contributed by atoms with E-state index in [0.29, 0.717) is 23.7 Å². The van der Waals surface area contributed by atoms with E-state index in [9.17, 15) is 4.79 Å². The van der Waals surface area contributed by atoms with Gasteiger partial charge in [-0.3, -0.25) is 9.78 Å². The number of carbonyl (C=O) groups is 1. The third-order valence-corrected chi connectivity index (χ3v) is 3.88. The Morgan fingerprint density at radius 1 is 1.10 bits per heavy atom. The maximum atomic E-state index is 12.4. The molecule has 1 saturated heterocycles. The first-order valence-corrected chi connectivity index (χ1v) is 7.31. The van der Waals surface area contributed by atoms with Crippen molar-refractivity contribution in [2.24, 2.45) is 0 Å². The second kappa shape index (κ2) is 6.14. The Kier molecular flexibility index (Phi) is 4.06. The number of halogens is 1. The number of aromatic nitrogens is 1. The zero-order valence-electron chi connectivity index (χ0n) is 11.6. The fourth-order valence-corrected chi connectivity index (χ4v) is 2.70. The lowest BCUT2D eigenvalue weighted by Crippen LogP contribution is -2.48. The number of carbonyl (C=O) groups excluding carboxylic acids is 1. The Hall–Kier alpha value is -2.07. The lowest BCUT2D eigenvalue weighted by atomic mass is 10.2. The summed E-state index contributed by atoms with van der Waals surface area (Å²) in [6.45, 7) is 3.05. The number of hydrogen-bond donors (Lipinski definition) is 0. The van der Waals surface area contributed by atoms with Gasteiger partial charge >= 0.3 is 0 Å². The topological polar surface area (TPSA) is 36.4 Å². The minimum Gasteiger partial charge on any atom is -0.367 e. The number of amides is 1. The first kappa shape index (κ1) is 13.9. The molecule has 1 amide bonds. The average molecular weight is 302 g/mol. The second-order valence-electron chi connectivity index (χ2n) is 5.00.